The van der Waals surface area contributed by atoms with E-state index in [-0.39, 0.29) is 11.6 Å². The molecule has 0 aliphatic heterocycles. The first-order valence-corrected chi connectivity index (χ1v) is 10.4. The Morgan fingerprint density at radius 3 is 2.18 bits per heavy atom. The number of rotatable bonds is 5. The van der Waals surface area contributed by atoms with E-state index in [2.05, 4.69) is 26.8 Å². The predicted octanol–water partition coefficient (Wildman–Crippen LogP) is 3.99. The molecule has 0 bridgehead atoms. The van der Waals surface area contributed by atoms with E-state index in [4.69, 9.17) is 9.16 Å². The van der Waals surface area contributed by atoms with E-state index >= 15 is 0 Å². The van der Waals surface area contributed by atoms with Crippen LogP contribution in [0.1, 0.15) is 33.3 Å². The van der Waals surface area contributed by atoms with E-state index < -0.39 is 19.9 Å². The topological polar surface area (TPSA) is 59.3 Å². The molecule has 0 radical (unpaired) electrons. The average Bonchev–Trinajstić information content (AvgIpc) is 2.44. The molecule has 22 heavy (non-hydrogen) atoms. The number of benzene rings is 1. The number of esters is 1. The molecule has 0 aromatic heterocycles. The van der Waals surface area contributed by atoms with Crippen LogP contribution in [0.4, 0.5) is 0 Å². The molecule has 0 spiro atoms. The van der Waals surface area contributed by atoms with Gasteiger partial charge in [-0.2, -0.15) is 5.26 Å². The zero-order valence-corrected chi connectivity index (χ0v) is 15.3. The number of hydrogen-bond acceptors (Lipinski definition) is 4. The van der Waals surface area contributed by atoms with E-state index in [0.29, 0.717) is 5.56 Å². The molecule has 120 valence electrons. The minimum Gasteiger partial charge on any atom is -0.463 e. The van der Waals surface area contributed by atoms with Crippen LogP contribution in [-0.4, -0.2) is 20.9 Å². The van der Waals surface area contributed by atoms with Gasteiger partial charge in [0.15, 0.2) is 8.32 Å². The number of carbonyl (C=O) groups excluding carboxylic acids is 1. The second-order valence-electron chi connectivity index (χ2n) is 6.74. The summed E-state index contributed by atoms with van der Waals surface area (Å²) in [5.41, 5.74) is -1.19. The third kappa shape index (κ3) is 3.57. The predicted molar refractivity (Wildman–Crippen MR) is 88.6 cm³/mol. The fourth-order valence-corrected chi connectivity index (χ4v) is 3.11. The lowest BCUT2D eigenvalue weighted by molar-refractivity contribution is -0.158. The van der Waals surface area contributed by atoms with Crippen LogP contribution in [-0.2, 0) is 19.6 Å². The fraction of sp³-hybridized carbons (Fsp3) is 0.529. The van der Waals surface area contributed by atoms with Crippen LogP contribution in [0.15, 0.2) is 30.3 Å². The van der Waals surface area contributed by atoms with Crippen molar-refractivity contribution in [3.8, 4) is 6.07 Å². The van der Waals surface area contributed by atoms with Crippen LogP contribution in [0.25, 0.3) is 0 Å². The molecule has 1 rings (SSSR count). The van der Waals surface area contributed by atoms with Crippen LogP contribution >= 0.6 is 0 Å². The molecule has 0 aliphatic carbocycles. The second kappa shape index (κ2) is 6.63. The Hall–Kier alpha value is -1.64. The SMILES string of the molecule is CCOC(=O)C(C#N)(O[Si](C)(C)C(C)(C)C)c1ccccc1. The van der Waals surface area contributed by atoms with Crippen LogP contribution in [0.2, 0.25) is 18.1 Å². The van der Waals surface area contributed by atoms with E-state index in [1.54, 1.807) is 31.2 Å². The molecule has 1 aromatic rings. The molecule has 0 saturated heterocycles. The van der Waals surface area contributed by atoms with E-state index in [1.807, 2.05) is 19.2 Å². The molecule has 0 heterocycles. The summed E-state index contributed by atoms with van der Waals surface area (Å²) in [7, 11) is -2.36. The van der Waals surface area contributed by atoms with Gasteiger partial charge in [0, 0.05) is 5.56 Å². The average molecular weight is 319 g/mol. The highest BCUT2D eigenvalue weighted by molar-refractivity contribution is 6.74. The first kappa shape index (κ1) is 18.4. The van der Waals surface area contributed by atoms with E-state index in [0.717, 1.165) is 0 Å². The molecular formula is C17H25NO3Si. The van der Waals surface area contributed by atoms with Gasteiger partial charge in [-0.3, -0.25) is 0 Å². The lowest BCUT2D eigenvalue weighted by atomic mass is 9.96. The summed E-state index contributed by atoms with van der Waals surface area (Å²) in [5.74, 6) is -0.645. The summed E-state index contributed by atoms with van der Waals surface area (Å²) in [6, 6.07) is 11.0. The van der Waals surface area contributed by atoms with Gasteiger partial charge in [-0.1, -0.05) is 51.1 Å². The van der Waals surface area contributed by atoms with Gasteiger partial charge in [-0.15, -0.1) is 0 Å². The number of nitrogens with zero attached hydrogens (tertiary/aromatic N) is 1. The Labute approximate surface area is 134 Å². The molecule has 0 fully saturated rings. The summed E-state index contributed by atoms with van der Waals surface area (Å²) in [4.78, 5) is 12.6. The van der Waals surface area contributed by atoms with Crippen molar-refractivity contribution in [1.82, 2.24) is 0 Å². The third-order valence-electron chi connectivity index (χ3n) is 4.12. The Balaban J connectivity index is 3.41. The lowest BCUT2D eigenvalue weighted by Crippen LogP contribution is -2.51. The van der Waals surface area contributed by atoms with Crippen molar-refractivity contribution in [1.29, 1.82) is 5.26 Å². The monoisotopic (exact) mass is 319 g/mol. The molecule has 4 nitrogen and oxygen atoms in total. The van der Waals surface area contributed by atoms with Gasteiger partial charge in [-0.25, -0.2) is 4.79 Å². The quantitative estimate of drug-likeness (QED) is 0.608. The van der Waals surface area contributed by atoms with Crippen molar-refractivity contribution in [3.05, 3.63) is 35.9 Å². The maximum Gasteiger partial charge on any atom is 0.357 e. The van der Waals surface area contributed by atoms with Gasteiger partial charge in [0.1, 0.15) is 6.07 Å². The van der Waals surface area contributed by atoms with Gasteiger partial charge in [0.05, 0.1) is 6.61 Å². The van der Waals surface area contributed by atoms with Crippen molar-refractivity contribution in [2.45, 2.75) is 51.4 Å². The minimum absolute atomic E-state index is 0.129. The summed E-state index contributed by atoms with van der Waals surface area (Å²) in [6.45, 7) is 12.2. The van der Waals surface area contributed by atoms with E-state index in [1.165, 1.54) is 0 Å². The highest BCUT2D eigenvalue weighted by atomic mass is 28.4. The Bertz CT molecular complexity index is 558. The first-order valence-electron chi connectivity index (χ1n) is 7.45. The van der Waals surface area contributed by atoms with Gasteiger partial charge in [0.25, 0.3) is 5.60 Å². The Morgan fingerprint density at radius 2 is 1.77 bits per heavy atom. The maximum absolute atomic E-state index is 12.6. The summed E-state index contributed by atoms with van der Waals surface area (Å²) >= 11 is 0. The van der Waals surface area contributed by atoms with Crippen molar-refractivity contribution in [2.24, 2.45) is 0 Å². The number of nitriles is 1. The molecule has 0 aliphatic rings. The number of carbonyl (C=O) groups is 1. The molecule has 0 amide bonds. The summed E-state index contributed by atoms with van der Waals surface area (Å²) < 4.78 is 11.4. The smallest absolute Gasteiger partial charge is 0.357 e. The second-order valence-corrected chi connectivity index (χ2v) is 11.5. The van der Waals surface area contributed by atoms with Gasteiger partial charge >= 0.3 is 5.97 Å². The Kier molecular flexibility index (Phi) is 5.55. The number of hydrogen-bond donors (Lipinski definition) is 0. The highest BCUT2D eigenvalue weighted by Crippen LogP contribution is 2.42. The van der Waals surface area contributed by atoms with Crippen LogP contribution in [0.3, 0.4) is 0 Å². The number of ether oxygens (including phenoxy) is 1. The Morgan fingerprint density at radius 1 is 1.23 bits per heavy atom. The van der Waals surface area contributed by atoms with Crippen molar-refractivity contribution in [3.63, 3.8) is 0 Å². The summed E-state index contributed by atoms with van der Waals surface area (Å²) in [6.07, 6.45) is 0. The standard InChI is InChI=1S/C17H25NO3Si/c1-7-20-15(19)17(13-18,14-11-9-8-10-12-14)21-22(5,6)16(2,3)4/h8-12H,7H2,1-6H3. The van der Waals surface area contributed by atoms with Gasteiger partial charge < -0.3 is 9.16 Å². The van der Waals surface area contributed by atoms with Crippen molar-refractivity contribution >= 4 is 14.3 Å². The molecule has 5 heteroatoms. The fourth-order valence-electron chi connectivity index (χ4n) is 1.79. The zero-order chi connectivity index (χ0) is 17.0. The van der Waals surface area contributed by atoms with Gasteiger partial charge in [0.2, 0.25) is 0 Å². The zero-order valence-electron chi connectivity index (χ0n) is 14.3. The van der Waals surface area contributed by atoms with Crippen molar-refractivity contribution in [2.75, 3.05) is 6.61 Å². The van der Waals surface area contributed by atoms with Crippen LogP contribution in [0, 0.1) is 11.3 Å². The maximum atomic E-state index is 12.6. The molecular weight excluding hydrogens is 294 g/mol. The molecule has 1 unspecified atom stereocenters. The largest absolute Gasteiger partial charge is 0.463 e. The minimum atomic E-state index is -2.36. The summed E-state index contributed by atoms with van der Waals surface area (Å²) in [5, 5.41) is 9.67. The highest BCUT2D eigenvalue weighted by Gasteiger charge is 2.51. The van der Waals surface area contributed by atoms with Gasteiger partial charge in [-0.05, 0) is 25.1 Å². The normalized spacial score (nSPS) is 14.8. The third-order valence-corrected chi connectivity index (χ3v) is 8.54. The molecule has 1 atom stereocenters. The first-order chi connectivity index (χ1) is 10.1. The lowest BCUT2D eigenvalue weighted by Gasteiger charge is -2.41. The molecule has 0 N–H and O–H groups in total. The van der Waals surface area contributed by atoms with Crippen LogP contribution < -0.4 is 0 Å². The van der Waals surface area contributed by atoms with Crippen LogP contribution in [0.5, 0.6) is 0 Å². The molecule has 1 aromatic carbocycles. The van der Waals surface area contributed by atoms with E-state index in [9.17, 15) is 10.1 Å². The van der Waals surface area contributed by atoms with Crippen molar-refractivity contribution < 1.29 is 14.0 Å². The molecule has 0 saturated carbocycles.